The van der Waals surface area contributed by atoms with Gasteiger partial charge in [-0.15, -0.1) is 0 Å². The number of aromatic nitrogens is 1. The van der Waals surface area contributed by atoms with Gasteiger partial charge >= 0.3 is 6.03 Å². The molecule has 0 aliphatic carbocycles. The van der Waals surface area contributed by atoms with Crippen molar-refractivity contribution in [3.05, 3.63) is 101 Å². The molecule has 1 heterocycles. The second kappa shape index (κ2) is 36.7. The number of nitrogens with two attached hydrogens (primary N) is 3. The van der Waals surface area contributed by atoms with E-state index in [-0.39, 0.29) is 75.7 Å². The highest BCUT2D eigenvalue weighted by molar-refractivity contribution is 6.30. The summed E-state index contributed by atoms with van der Waals surface area (Å²) >= 11 is 6.13. The highest BCUT2D eigenvalue weighted by Crippen LogP contribution is 2.20. The Morgan fingerprint density at radius 1 is 0.600 bits per heavy atom. The van der Waals surface area contributed by atoms with Gasteiger partial charge in [0, 0.05) is 61.9 Å². The van der Waals surface area contributed by atoms with E-state index in [0.29, 0.717) is 34.6 Å². The number of para-hydroxylation sites is 1. The van der Waals surface area contributed by atoms with Gasteiger partial charge in [0.15, 0.2) is 5.96 Å². The number of halogens is 1. The number of hydrogen-bond acceptors (Lipinski definition) is 15. The van der Waals surface area contributed by atoms with Crippen LogP contribution in [-0.2, 0) is 67.2 Å². The van der Waals surface area contributed by atoms with Gasteiger partial charge in [-0.05, 0) is 105 Å². The number of H-pyrrole nitrogens is 1. The van der Waals surface area contributed by atoms with Gasteiger partial charge in [0.2, 0.25) is 53.2 Å². The number of hydrogen-bond donors (Lipinski definition) is 19. The average Bonchev–Trinajstić information content (AvgIpc) is 1.87. The first-order valence-electron chi connectivity index (χ1n) is 29.2. The smallest absolute Gasteiger partial charge is 0.334 e. The molecule has 0 bridgehead atoms. The zero-order chi connectivity index (χ0) is 66.6. The van der Waals surface area contributed by atoms with E-state index < -0.39 is 126 Å². The number of unbranched alkanes of at least 4 members (excludes halogenated alkanes) is 1. The van der Waals surface area contributed by atoms with Crippen molar-refractivity contribution < 1.29 is 63.0 Å². The van der Waals surface area contributed by atoms with Crippen LogP contribution in [0.15, 0.2) is 79.0 Å². The summed E-state index contributed by atoms with van der Waals surface area (Å²) in [6, 6.07) is 6.33. The molecule has 1 aromatic heterocycles. The third-order valence-electron chi connectivity index (χ3n) is 14.0. The van der Waals surface area contributed by atoms with Crippen molar-refractivity contribution in [3.63, 3.8) is 0 Å². The average molecular weight is 1270 g/mol. The van der Waals surface area contributed by atoms with Crippen LogP contribution in [0, 0.1) is 11.3 Å². The summed E-state index contributed by atoms with van der Waals surface area (Å²) in [6.07, 6.45) is -0.309. The largest absolute Gasteiger partial charge is 0.508 e. The van der Waals surface area contributed by atoms with Crippen molar-refractivity contribution in [3.8, 4) is 5.75 Å². The number of nitrogens with one attached hydrogen (secondary N) is 14. The summed E-state index contributed by atoms with van der Waals surface area (Å²) in [4.78, 5) is 152. The fraction of sp³-hybridized carbons (Fsp3) is 0.458. The summed E-state index contributed by atoms with van der Waals surface area (Å²) < 4.78 is 0. The molecule has 30 nitrogen and oxygen atoms in total. The molecular weight excluding hydrogens is 1190 g/mol. The molecule has 0 fully saturated rings. The van der Waals surface area contributed by atoms with Crippen LogP contribution < -0.4 is 81.2 Å². The molecule has 0 saturated heterocycles. The molecule has 22 N–H and O–H groups in total. The van der Waals surface area contributed by atoms with E-state index in [1.54, 1.807) is 20.0 Å². The number of aromatic hydroxyl groups is 1. The van der Waals surface area contributed by atoms with Crippen LogP contribution in [0.3, 0.4) is 0 Å². The fourth-order valence-corrected chi connectivity index (χ4v) is 9.42. The van der Waals surface area contributed by atoms with Gasteiger partial charge < -0.3 is 85.6 Å². The molecule has 12 amide bonds. The van der Waals surface area contributed by atoms with Crippen molar-refractivity contribution >= 4 is 93.6 Å². The number of fused-ring (bicyclic) bond motifs is 1. The highest BCUT2D eigenvalue weighted by Gasteiger charge is 2.36. The molecule has 4 aromatic rings. The maximum Gasteiger partial charge on any atom is 0.334 e. The van der Waals surface area contributed by atoms with Crippen LogP contribution in [0.25, 0.3) is 10.9 Å². The molecule has 31 heteroatoms. The van der Waals surface area contributed by atoms with Crippen molar-refractivity contribution in [1.82, 2.24) is 69.0 Å². The van der Waals surface area contributed by atoms with E-state index in [4.69, 9.17) is 34.2 Å². The standard InChI is InChI=1S/C59H84ClN17O13/c1-31(2)25-44(53(85)70-42(14-10-24-66-58(64)65-5)51(83)71-43(50(63)82)28-36-30-67-40-12-7-6-11-39(36)40)74-59(90)77-76-56(88)46(27-34-15-19-37(60)20-16-34)73-57(89)49(32(3)78)75-55(87)47(29-48(62)81)72-52(84)41(13-8-9-23-61)69-54(86)45(68-33(4)79)26-35-17-21-38(80)22-18-35/h6-7,11-12,15-22,30-32,41-47,49,67,78,80H,8-10,13-14,23-29,61H2,1-5H3,(H2,62,81)(H2,63,82)(H,68,79)(H,69,86)(H,70,85)(H,71,83)(H,72,84)(H,73,89)(H,75,87)(H,76,88)(H3,64,65,66)(H2,74,77,90)/t32-,41+,42+,43+,44+,45-,46+,47+,49?/m1/s1. The molecule has 0 aliphatic rings. The monoisotopic (exact) mass is 1270 g/mol. The topological polar surface area (TPSA) is 490 Å². The predicted molar refractivity (Wildman–Crippen MR) is 333 cm³/mol. The molecule has 0 saturated carbocycles. The normalized spacial score (nSPS) is 14.0. The SMILES string of the molecule is CNC(=N)NCCC[C@H](NC(=O)[C@H](CC(C)C)NC(=O)NNC(=O)[C@H](Cc1ccc(Cl)cc1)NC(=O)C(NC(=O)[C@H](CC(N)=O)NC(=O)[C@H](CCCCN)NC(=O)[C@@H](Cc1ccc(O)cc1)NC(C)=O)[C@@H](C)O)C(=O)N[C@@H](Cc1c[nH]c2ccccc12)C(N)=O. The lowest BCUT2D eigenvalue weighted by Crippen LogP contribution is -2.62. The third-order valence-corrected chi connectivity index (χ3v) is 14.2. The Morgan fingerprint density at radius 3 is 1.70 bits per heavy atom. The number of phenolic OH excluding ortho intramolecular Hbond substituents is 1. The molecule has 1 unspecified atom stereocenters. The second-order valence-electron chi connectivity index (χ2n) is 21.9. The minimum absolute atomic E-state index is 0.00139. The number of carbonyl (C=O) groups excluding carboxylic acids is 11. The third kappa shape index (κ3) is 24.9. The van der Waals surface area contributed by atoms with E-state index in [0.717, 1.165) is 17.8 Å². The van der Waals surface area contributed by atoms with Crippen LogP contribution >= 0.6 is 11.6 Å². The summed E-state index contributed by atoms with van der Waals surface area (Å²) in [5.74, 6) is -9.59. The summed E-state index contributed by atoms with van der Waals surface area (Å²) in [7, 11) is 1.54. The lowest BCUT2D eigenvalue weighted by atomic mass is 10.0. The molecule has 4 rings (SSSR count). The van der Waals surface area contributed by atoms with Crippen LogP contribution in [0.1, 0.15) is 89.3 Å². The highest BCUT2D eigenvalue weighted by atomic mass is 35.5. The van der Waals surface area contributed by atoms with Crippen LogP contribution in [0.5, 0.6) is 5.75 Å². The van der Waals surface area contributed by atoms with E-state index >= 15 is 0 Å². The van der Waals surface area contributed by atoms with Crippen molar-refractivity contribution in [2.24, 2.45) is 23.1 Å². The number of hydrazine groups is 1. The molecule has 9 atom stereocenters. The van der Waals surface area contributed by atoms with E-state index in [2.05, 4.69) is 69.0 Å². The van der Waals surface area contributed by atoms with Crippen molar-refractivity contribution in [2.45, 2.75) is 146 Å². The van der Waals surface area contributed by atoms with Crippen LogP contribution in [0.2, 0.25) is 5.02 Å². The summed E-state index contributed by atoms with van der Waals surface area (Å²) in [6.45, 7) is 6.25. The second-order valence-corrected chi connectivity index (χ2v) is 22.3. The van der Waals surface area contributed by atoms with Gasteiger partial charge in [-0.2, -0.15) is 0 Å². The molecule has 490 valence electrons. The number of urea groups is 1. The number of aliphatic hydroxyl groups is 1. The Bertz CT molecular complexity index is 3130. The molecule has 0 radical (unpaired) electrons. The maximum atomic E-state index is 14.2. The Labute approximate surface area is 525 Å². The zero-order valence-corrected chi connectivity index (χ0v) is 51.5. The first kappa shape index (κ1) is 72.9. The Hall–Kier alpha value is -9.55. The number of benzene rings is 3. The van der Waals surface area contributed by atoms with Crippen LogP contribution in [-0.4, -0.2) is 161 Å². The number of guanidine groups is 1. The van der Waals surface area contributed by atoms with Gasteiger partial charge in [-0.25, -0.2) is 10.2 Å². The molecule has 0 spiro atoms. The van der Waals surface area contributed by atoms with Gasteiger partial charge in [-0.1, -0.05) is 67.9 Å². The quantitative estimate of drug-likeness (QED) is 0.0104. The first-order valence-corrected chi connectivity index (χ1v) is 29.5. The number of aromatic amines is 1. The zero-order valence-electron chi connectivity index (χ0n) is 50.8. The first-order chi connectivity index (χ1) is 42.7. The van der Waals surface area contributed by atoms with Crippen LogP contribution in [0.4, 0.5) is 4.79 Å². The van der Waals surface area contributed by atoms with Crippen molar-refractivity contribution in [1.29, 1.82) is 5.41 Å². The molecule has 3 aromatic carbocycles. The van der Waals surface area contributed by atoms with E-state index in [9.17, 15) is 63.0 Å². The number of primary amides is 2. The molecule has 90 heavy (non-hydrogen) atoms. The van der Waals surface area contributed by atoms with E-state index in [1.165, 1.54) is 62.5 Å². The van der Waals surface area contributed by atoms with Gasteiger partial charge in [0.25, 0.3) is 5.91 Å². The minimum atomic E-state index is -1.90. The number of rotatable bonds is 35. The van der Waals surface area contributed by atoms with Gasteiger partial charge in [0.1, 0.15) is 54.1 Å². The number of aliphatic hydroxyl groups excluding tert-OH is 1. The lowest BCUT2D eigenvalue weighted by molar-refractivity contribution is -0.137. The fourth-order valence-electron chi connectivity index (χ4n) is 9.29. The van der Waals surface area contributed by atoms with E-state index in [1.807, 2.05) is 24.3 Å². The lowest BCUT2D eigenvalue weighted by Gasteiger charge is -2.28. The Morgan fingerprint density at radius 2 is 1.13 bits per heavy atom. The predicted octanol–water partition coefficient (Wildman–Crippen LogP) is -1.89. The number of phenols is 1. The number of carbonyl (C=O) groups is 11. The van der Waals surface area contributed by atoms with Gasteiger partial charge in [-0.3, -0.25) is 58.8 Å². The maximum absolute atomic E-state index is 14.2. The van der Waals surface area contributed by atoms with Gasteiger partial charge in [0.05, 0.1) is 12.5 Å². The summed E-state index contributed by atoms with van der Waals surface area (Å²) in [5.41, 5.74) is 23.8. The molecular formula is C59H84ClN17O13. The summed E-state index contributed by atoms with van der Waals surface area (Å²) in [5, 5.41) is 55.2. The van der Waals surface area contributed by atoms with Crippen molar-refractivity contribution in [2.75, 3.05) is 20.1 Å². The minimum Gasteiger partial charge on any atom is -0.508 e. The Kier molecular flexibility index (Phi) is 29.7. The Balaban J connectivity index is 1.51. The number of amides is 12. The molecule has 0 aliphatic heterocycles.